The van der Waals surface area contributed by atoms with Gasteiger partial charge >= 0.3 is 0 Å². The Morgan fingerprint density at radius 1 is 1.39 bits per heavy atom. The van der Waals surface area contributed by atoms with E-state index in [9.17, 15) is 0 Å². The zero-order valence-corrected chi connectivity index (χ0v) is 13.6. The molecule has 0 amide bonds. The number of hydrogen-bond donors (Lipinski definition) is 0. The lowest BCUT2D eigenvalue weighted by Gasteiger charge is -2.21. The summed E-state index contributed by atoms with van der Waals surface area (Å²) in [5, 5.41) is 4.17. The second kappa shape index (κ2) is 6.02. The Morgan fingerprint density at radius 3 is 3.00 bits per heavy atom. The zero-order chi connectivity index (χ0) is 15.8. The van der Waals surface area contributed by atoms with Gasteiger partial charge in [-0.1, -0.05) is 5.16 Å². The fourth-order valence-corrected chi connectivity index (χ4v) is 3.23. The highest BCUT2D eigenvalue weighted by Gasteiger charge is 2.38. The van der Waals surface area contributed by atoms with Crippen molar-refractivity contribution in [2.75, 3.05) is 13.7 Å². The largest absolute Gasteiger partial charge is 0.380 e. The first-order valence-electron chi connectivity index (χ1n) is 8.24. The van der Waals surface area contributed by atoms with Crippen molar-refractivity contribution in [3.05, 3.63) is 41.3 Å². The molecule has 6 heteroatoms. The first-order chi connectivity index (χ1) is 11.2. The lowest BCUT2D eigenvalue weighted by molar-refractivity contribution is 0.107. The van der Waals surface area contributed by atoms with E-state index in [0.29, 0.717) is 5.92 Å². The van der Waals surface area contributed by atoms with Crippen LogP contribution in [0.3, 0.4) is 0 Å². The predicted molar refractivity (Wildman–Crippen MR) is 83.8 cm³/mol. The highest BCUT2D eigenvalue weighted by Crippen LogP contribution is 2.40. The molecule has 1 aliphatic carbocycles. The second-order valence-corrected chi connectivity index (χ2v) is 6.61. The molecule has 2 aromatic rings. The van der Waals surface area contributed by atoms with Gasteiger partial charge in [-0.05, 0) is 43.4 Å². The quantitative estimate of drug-likeness (QED) is 0.845. The van der Waals surface area contributed by atoms with Crippen LogP contribution in [0.25, 0.3) is 0 Å². The Labute approximate surface area is 135 Å². The van der Waals surface area contributed by atoms with Crippen LogP contribution in [-0.4, -0.2) is 39.8 Å². The normalized spacial score (nSPS) is 25.1. The van der Waals surface area contributed by atoms with Crippen LogP contribution in [0.2, 0.25) is 0 Å². The van der Waals surface area contributed by atoms with Crippen molar-refractivity contribution >= 4 is 0 Å². The maximum atomic E-state index is 5.58. The van der Waals surface area contributed by atoms with Gasteiger partial charge in [-0.25, -0.2) is 0 Å². The summed E-state index contributed by atoms with van der Waals surface area (Å²) < 4.78 is 11.1. The van der Waals surface area contributed by atoms with Gasteiger partial charge in [0.2, 0.25) is 5.89 Å². The highest BCUT2D eigenvalue weighted by atomic mass is 16.5. The summed E-state index contributed by atoms with van der Waals surface area (Å²) in [5.41, 5.74) is 2.49. The van der Waals surface area contributed by atoms with Crippen molar-refractivity contribution in [2.45, 2.75) is 50.8 Å². The minimum Gasteiger partial charge on any atom is -0.380 e. The van der Waals surface area contributed by atoms with E-state index in [1.54, 1.807) is 7.11 Å². The van der Waals surface area contributed by atoms with E-state index in [1.165, 1.54) is 24.0 Å². The molecule has 0 spiro atoms. The molecule has 1 aliphatic heterocycles. The van der Waals surface area contributed by atoms with Crippen LogP contribution in [0.1, 0.15) is 54.1 Å². The fourth-order valence-electron chi connectivity index (χ4n) is 3.23. The minimum absolute atomic E-state index is 0.125. The number of ether oxygens (including phenoxy) is 1. The molecule has 3 heterocycles. The number of hydrogen-bond acceptors (Lipinski definition) is 6. The van der Waals surface area contributed by atoms with Crippen molar-refractivity contribution in [1.82, 2.24) is 20.0 Å². The minimum atomic E-state index is 0.125. The molecule has 2 aromatic heterocycles. The first kappa shape index (κ1) is 14.8. The number of nitrogens with zero attached hydrogens (tertiary/aromatic N) is 4. The van der Waals surface area contributed by atoms with Crippen molar-refractivity contribution in [3.63, 3.8) is 0 Å². The Hall–Kier alpha value is -1.79. The van der Waals surface area contributed by atoms with Crippen molar-refractivity contribution < 1.29 is 9.26 Å². The number of likely N-dealkylation sites (tertiary alicyclic amines) is 1. The zero-order valence-electron chi connectivity index (χ0n) is 13.6. The third kappa shape index (κ3) is 3.01. The number of pyridine rings is 1. The van der Waals surface area contributed by atoms with Gasteiger partial charge in [0.15, 0.2) is 5.82 Å². The van der Waals surface area contributed by atoms with Crippen LogP contribution in [0.5, 0.6) is 0 Å². The van der Waals surface area contributed by atoms with Gasteiger partial charge in [0.25, 0.3) is 0 Å². The smallest absolute Gasteiger partial charge is 0.244 e. The molecule has 2 aliphatic rings. The van der Waals surface area contributed by atoms with E-state index < -0.39 is 0 Å². The van der Waals surface area contributed by atoms with E-state index in [2.05, 4.69) is 26.9 Å². The van der Waals surface area contributed by atoms with E-state index in [4.69, 9.17) is 9.26 Å². The summed E-state index contributed by atoms with van der Waals surface area (Å²) in [6.07, 6.45) is 7.23. The molecule has 4 rings (SSSR count). The van der Waals surface area contributed by atoms with Crippen molar-refractivity contribution in [2.24, 2.45) is 0 Å². The molecule has 6 nitrogen and oxygen atoms in total. The number of rotatable bonds is 5. The maximum absolute atomic E-state index is 5.58. The van der Waals surface area contributed by atoms with E-state index in [0.717, 1.165) is 31.2 Å². The highest BCUT2D eigenvalue weighted by molar-refractivity contribution is 5.22. The molecule has 2 atom stereocenters. The van der Waals surface area contributed by atoms with Gasteiger partial charge in [-0.15, -0.1) is 0 Å². The predicted octanol–water partition coefficient (Wildman–Crippen LogP) is 2.61. The third-order valence-corrected chi connectivity index (χ3v) is 4.90. The molecule has 0 bridgehead atoms. The number of aromatic nitrogens is 3. The van der Waals surface area contributed by atoms with E-state index >= 15 is 0 Å². The molecule has 1 saturated heterocycles. The summed E-state index contributed by atoms with van der Waals surface area (Å²) in [5.74, 6) is 2.12. The third-order valence-electron chi connectivity index (χ3n) is 4.90. The molecular formula is C17H22N4O2. The number of methoxy groups -OCH3 is 1. The topological polar surface area (TPSA) is 64.3 Å². The lowest BCUT2D eigenvalue weighted by atomic mass is 10.1. The van der Waals surface area contributed by atoms with Gasteiger partial charge in [0.1, 0.15) is 0 Å². The fraction of sp³-hybridized carbons (Fsp3) is 0.588. The van der Waals surface area contributed by atoms with Crippen molar-refractivity contribution in [1.29, 1.82) is 0 Å². The van der Waals surface area contributed by atoms with E-state index in [1.807, 2.05) is 18.5 Å². The summed E-state index contributed by atoms with van der Waals surface area (Å²) in [6.45, 7) is 3.82. The standard InChI is InChI=1S/C17H22N4O2/c1-11-5-6-18-8-13(11)9-21-10-14(22-2)7-15(21)17-19-16(20-23-17)12-3-4-12/h5-6,8,12,14-15H,3-4,7,9-10H2,1-2H3/t14-,15+/m0/s1. The van der Waals surface area contributed by atoms with Gasteiger partial charge in [-0.2, -0.15) is 4.98 Å². The molecule has 2 fully saturated rings. The molecule has 122 valence electrons. The average molecular weight is 314 g/mol. The average Bonchev–Trinajstić information content (AvgIpc) is 3.15. The van der Waals surface area contributed by atoms with Gasteiger partial charge in [0, 0.05) is 38.5 Å². The lowest BCUT2D eigenvalue weighted by Crippen LogP contribution is -2.25. The first-order valence-corrected chi connectivity index (χ1v) is 8.24. The summed E-state index contributed by atoms with van der Waals surface area (Å²) >= 11 is 0. The van der Waals surface area contributed by atoms with Crippen LogP contribution in [-0.2, 0) is 11.3 Å². The molecule has 0 N–H and O–H groups in total. The summed E-state index contributed by atoms with van der Waals surface area (Å²) in [4.78, 5) is 11.3. The van der Waals surface area contributed by atoms with Crippen LogP contribution in [0.4, 0.5) is 0 Å². The molecule has 0 unspecified atom stereocenters. The Kier molecular flexibility index (Phi) is 3.87. The van der Waals surface area contributed by atoms with Crippen molar-refractivity contribution in [3.8, 4) is 0 Å². The van der Waals surface area contributed by atoms with Crippen LogP contribution in [0.15, 0.2) is 23.0 Å². The second-order valence-electron chi connectivity index (χ2n) is 6.61. The maximum Gasteiger partial charge on any atom is 0.244 e. The summed E-state index contributed by atoms with van der Waals surface area (Å²) in [7, 11) is 1.77. The van der Waals surface area contributed by atoms with Crippen LogP contribution in [0, 0.1) is 6.92 Å². The molecule has 23 heavy (non-hydrogen) atoms. The SMILES string of the molecule is CO[C@H]1C[C@H](c2nc(C3CC3)no2)N(Cc2cnccc2C)C1. The Morgan fingerprint density at radius 2 is 2.26 bits per heavy atom. The Bertz CT molecular complexity index is 683. The van der Waals surface area contributed by atoms with Gasteiger partial charge in [-0.3, -0.25) is 9.88 Å². The summed E-state index contributed by atoms with van der Waals surface area (Å²) in [6, 6.07) is 2.17. The molecule has 1 saturated carbocycles. The Balaban J connectivity index is 1.56. The van der Waals surface area contributed by atoms with Gasteiger partial charge in [0.05, 0.1) is 12.1 Å². The van der Waals surface area contributed by atoms with Crippen LogP contribution >= 0.6 is 0 Å². The van der Waals surface area contributed by atoms with Crippen LogP contribution < -0.4 is 0 Å². The molecule has 0 radical (unpaired) electrons. The monoisotopic (exact) mass is 314 g/mol. The van der Waals surface area contributed by atoms with E-state index in [-0.39, 0.29) is 12.1 Å². The molecule has 0 aromatic carbocycles. The molecular weight excluding hydrogens is 292 g/mol. The van der Waals surface area contributed by atoms with Gasteiger partial charge < -0.3 is 9.26 Å². The number of aryl methyl sites for hydroxylation is 1.